The third-order valence-electron chi connectivity index (χ3n) is 2.28. The first-order chi connectivity index (χ1) is 7.25. The molecule has 0 bridgehead atoms. The minimum atomic E-state index is 0.675. The minimum Gasteiger partial charge on any atom is -0.341 e. The normalized spacial score (nSPS) is 11.4. The topological polar surface area (TPSA) is 40.7 Å². The molecule has 0 aliphatic carbocycles. The van der Waals surface area contributed by atoms with Crippen molar-refractivity contribution >= 4 is 11.0 Å². The standard InChI is InChI=1S/C12H17N3/c1-9(2)7-13-8-12-14-10-5-3-4-6-11(10)15-12/h3-6,9,13H,7-8H2,1-2H3,(H,14,15). The molecule has 3 heteroatoms. The number of para-hydroxylation sites is 2. The minimum absolute atomic E-state index is 0.675. The van der Waals surface area contributed by atoms with Crippen molar-refractivity contribution in [1.29, 1.82) is 0 Å². The molecule has 2 aromatic rings. The molecule has 0 atom stereocenters. The highest BCUT2D eigenvalue weighted by Gasteiger charge is 2.01. The number of rotatable bonds is 4. The van der Waals surface area contributed by atoms with Gasteiger partial charge in [-0.15, -0.1) is 0 Å². The average molecular weight is 203 g/mol. The third kappa shape index (κ3) is 2.57. The molecule has 80 valence electrons. The van der Waals surface area contributed by atoms with E-state index in [2.05, 4.69) is 29.1 Å². The fraction of sp³-hybridized carbons (Fsp3) is 0.417. The molecule has 0 saturated carbocycles. The van der Waals surface area contributed by atoms with Crippen LogP contribution in [0.3, 0.4) is 0 Å². The monoisotopic (exact) mass is 203 g/mol. The number of hydrogen-bond donors (Lipinski definition) is 2. The number of hydrogen-bond acceptors (Lipinski definition) is 2. The largest absolute Gasteiger partial charge is 0.341 e. The van der Waals surface area contributed by atoms with E-state index in [1.54, 1.807) is 0 Å². The Kier molecular flexibility index (Phi) is 3.02. The van der Waals surface area contributed by atoms with Gasteiger partial charge in [-0.05, 0) is 24.6 Å². The van der Waals surface area contributed by atoms with Crippen molar-refractivity contribution in [2.75, 3.05) is 6.54 Å². The van der Waals surface area contributed by atoms with Crippen molar-refractivity contribution in [2.24, 2.45) is 5.92 Å². The Balaban J connectivity index is 2.03. The van der Waals surface area contributed by atoms with Crippen LogP contribution in [-0.2, 0) is 6.54 Å². The lowest BCUT2D eigenvalue weighted by molar-refractivity contribution is 0.545. The van der Waals surface area contributed by atoms with E-state index in [-0.39, 0.29) is 0 Å². The van der Waals surface area contributed by atoms with E-state index < -0.39 is 0 Å². The van der Waals surface area contributed by atoms with E-state index in [0.717, 1.165) is 29.9 Å². The molecule has 3 nitrogen and oxygen atoms in total. The van der Waals surface area contributed by atoms with Gasteiger partial charge in [-0.2, -0.15) is 0 Å². The van der Waals surface area contributed by atoms with Crippen LogP contribution in [0, 0.1) is 5.92 Å². The molecule has 1 heterocycles. The third-order valence-corrected chi connectivity index (χ3v) is 2.28. The van der Waals surface area contributed by atoms with Gasteiger partial charge in [-0.1, -0.05) is 26.0 Å². The van der Waals surface area contributed by atoms with Crippen LogP contribution in [0.25, 0.3) is 11.0 Å². The van der Waals surface area contributed by atoms with Crippen molar-refractivity contribution < 1.29 is 0 Å². The number of aromatic amines is 1. The van der Waals surface area contributed by atoms with E-state index in [9.17, 15) is 0 Å². The van der Waals surface area contributed by atoms with Gasteiger partial charge in [-0.25, -0.2) is 4.98 Å². The highest BCUT2D eigenvalue weighted by atomic mass is 15.0. The summed E-state index contributed by atoms with van der Waals surface area (Å²) in [7, 11) is 0. The van der Waals surface area contributed by atoms with Crippen molar-refractivity contribution in [3.8, 4) is 0 Å². The SMILES string of the molecule is CC(C)CNCc1nc2ccccc2[nH]1. The second-order valence-electron chi connectivity index (χ2n) is 4.23. The first-order valence-corrected chi connectivity index (χ1v) is 5.40. The van der Waals surface area contributed by atoms with Crippen molar-refractivity contribution in [3.05, 3.63) is 30.1 Å². The number of nitrogens with one attached hydrogen (secondary N) is 2. The molecule has 0 unspecified atom stereocenters. The van der Waals surface area contributed by atoms with Gasteiger partial charge in [0.25, 0.3) is 0 Å². The van der Waals surface area contributed by atoms with Crippen LogP contribution in [0.2, 0.25) is 0 Å². The van der Waals surface area contributed by atoms with Crippen LogP contribution < -0.4 is 5.32 Å². The van der Waals surface area contributed by atoms with E-state index in [1.165, 1.54) is 0 Å². The molecule has 0 radical (unpaired) electrons. The molecule has 0 aliphatic heterocycles. The van der Waals surface area contributed by atoms with E-state index in [4.69, 9.17) is 0 Å². The highest BCUT2D eigenvalue weighted by Crippen LogP contribution is 2.09. The average Bonchev–Trinajstić information content (AvgIpc) is 2.59. The van der Waals surface area contributed by atoms with Gasteiger partial charge in [-0.3, -0.25) is 0 Å². The lowest BCUT2D eigenvalue weighted by atomic mass is 10.2. The van der Waals surface area contributed by atoms with Crippen LogP contribution in [0.4, 0.5) is 0 Å². The Morgan fingerprint density at radius 1 is 1.33 bits per heavy atom. The predicted molar refractivity (Wildman–Crippen MR) is 62.6 cm³/mol. The lowest BCUT2D eigenvalue weighted by Crippen LogP contribution is -2.19. The number of benzene rings is 1. The number of H-pyrrole nitrogens is 1. The lowest BCUT2D eigenvalue weighted by Gasteiger charge is -2.04. The molecular formula is C12H17N3. The van der Waals surface area contributed by atoms with Crippen LogP contribution in [0.5, 0.6) is 0 Å². The second kappa shape index (κ2) is 4.45. The zero-order valence-corrected chi connectivity index (χ0v) is 9.25. The summed E-state index contributed by atoms with van der Waals surface area (Å²) in [5.41, 5.74) is 2.15. The number of aromatic nitrogens is 2. The van der Waals surface area contributed by atoms with Gasteiger partial charge in [0.15, 0.2) is 0 Å². The van der Waals surface area contributed by atoms with Crippen molar-refractivity contribution in [1.82, 2.24) is 15.3 Å². The molecule has 1 aromatic heterocycles. The van der Waals surface area contributed by atoms with Crippen LogP contribution in [0.1, 0.15) is 19.7 Å². The van der Waals surface area contributed by atoms with Crippen LogP contribution in [0.15, 0.2) is 24.3 Å². The smallest absolute Gasteiger partial charge is 0.121 e. The zero-order chi connectivity index (χ0) is 10.7. The number of imidazole rings is 1. The Morgan fingerprint density at radius 2 is 2.13 bits per heavy atom. The zero-order valence-electron chi connectivity index (χ0n) is 9.25. The summed E-state index contributed by atoms with van der Waals surface area (Å²) in [4.78, 5) is 7.79. The summed E-state index contributed by atoms with van der Waals surface area (Å²) in [5, 5.41) is 3.37. The molecule has 2 N–H and O–H groups in total. The van der Waals surface area contributed by atoms with Gasteiger partial charge in [0.2, 0.25) is 0 Å². The van der Waals surface area contributed by atoms with E-state index >= 15 is 0 Å². The van der Waals surface area contributed by atoms with Gasteiger partial charge >= 0.3 is 0 Å². The Morgan fingerprint density at radius 3 is 2.87 bits per heavy atom. The maximum absolute atomic E-state index is 4.49. The molecular weight excluding hydrogens is 186 g/mol. The van der Waals surface area contributed by atoms with Gasteiger partial charge in [0.05, 0.1) is 17.6 Å². The molecule has 15 heavy (non-hydrogen) atoms. The predicted octanol–water partition coefficient (Wildman–Crippen LogP) is 2.31. The molecule has 1 aromatic carbocycles. The Bertz CT molecular complexity index is 398. The highest BCUT2D eigenvalue weighted by molar-refractivity contribution is 5.74. The summed E-state index contributed by atoms with van der Waals surface area (Å²) in [6, 6.07) is 8.10. The summed E-state index contributed by atoms with van der Waals surface area (Å²) in [6.45, 7) is 6.24. The summed E-state index contributed by atoms with van der Waals surface area (Å²) in [6.07, 6.45) is 0. The summed E-state index contributed by atoms with van der Waals surface area (Å²) >= 11 is 0. The summed E-state index contributed by atoms with van der Waals surface area (Å²) in [5.74, 6) is 1.69. The maximum atomic E-state index is 4.49. The van der Waals surface area contributed by atoms with Crippen LogP contribution >= 0.6 is 0 Å². The van der Waals surface area contributed by atoms with Gasteiger partial charge < -0.3 is 10.3 Å². The van der Waals surface area contributed by atoms with Crippen LogP contribution in [-0.4, -0.2) is 16.5 Å². The summed E-state index contributed by atoms with van der Waals surface area (Å²) < 4.78 is 0. The van der Waals surface area contributed by atoms with E-state index in [0.29, 0.717) is 5.92 Å². The quantitative estimate of drug-likeness (QED) is 0.800. The molecule has 0 saturated heterocycles. The molecule has 0 fully saturated rings. The van der Waals surface area contributed by atoms with E-state index in [1.807, 2.05) is 24.3 Å². The van der Waals surface area contributed by atoms with Gasteiger partial charge in [0, 0.05) is 0 Å². The molecule has 0 aliphatic rings. The number of nitrogens with zero attached hydrogens (tertiary/aromatic N) is 1. The second-order valence-corrected chi connectivity index (χ2v) is 4.23. The first kappa shape index (κ1) is 10.2. The number of fused-ring (bicyclic) bond motifs is 1. The molecule has 0 amide bonds. The molecule has 0 spiro atoms. The maximum Gasteiger partial charge on any atom is 0.121 e. The first-order valence-electron chi connectivity index (χ1n) is 5.40. The van der Waals surface area contributed by atoms with Crippen molar-refractivity contribution in [3.63, 3.8) is 0 Å². The fourth-order valence-electron chi connectivity index (χ4n) is 1.57. The molecule has 2 rings (SSSR count). The van der Waals surface area contributed by atoms with Gasteiger partial charge in [0.1, 0.15) is 5.82 Å². The Hall–Kier alpha value is -1.35. The van der Waals surface area contributed by atoms with Crippen molar-refractivity contribution in [2.45, 2.75) is 20.4 Å². The fourth-order valence-corrected chi connectivity index (χ4v) is 1.57. The Labute approximate surface area is 89.9 Å².